The summed E-state index contributed by atoms with van der Waals surface area (Å²) >= 11 is 12.3. The van der Waals surface area contributed by atoms with Crippen LogP contribution in [-0.4, -0.2) is 75.6 Å². The van der Waals surface area contributed by atoms with Crippen molar-refractivity contribution < 1.29 is 19.4 Å². The highest BCUT2D eigenvalue weighted by atomic mass is 35.5. The first-order chi connectivity index (χ1) is 18.7. The highest BCUT2D eigenvalue weighted by molar-refractivity contribution is 6.42. The van der Waals surface area contributed by atoms with Crippen LogP contribution in [0.3, 0.4) is 0 Å². The Morgan fingerprint density at radius 3 is 2.74 bits per heavy atom. The number of nitrogens with zero attached hydrogens (tertiary/aromatic N) is 4. The molecule has 3 aromatic rings. The molecular weight excluding hydrogens is 541 g/mol. The minimum absolute atomic E-state index is 0.101. The van der Waals surface area contributed by atoms with Crippen LogP contribution in [-0.2, 0) is 6.54 Å². The third-order valence-electron chi connectivity index (χ3n) is 6.66. The summed E-state index contributed by atoms with van der Waals surface area (Å²) in [4.78, 5) is 38.3. The molecular formula is C28H31Cl2N5O4. The van der Waals surface area contributed by atoms with Gasteiger partial charge >= 0.3 is 0 Å². The van der Waals surface area contributed by atoms with E-state index < -0.39 is 11.9 Å². The summed E-state index contributed by atoms with van der Waals surface area (Å²) in [5.74, 6) is -0.585. The van der Waals surface area contributed by atoms with E-state index in [1.54, 1.807) is 36.1 Å². The van der Waals surface area contributed by atoms with E-state index in [1.165, 1.54) is 18.6 Å². The first kappa shape index (κ1) is 28.8. The van der Waals surface area contributed by atoms with E-state index in [0.29, 0.717) is 40.9 Å². The smallest absolute Gasteiger partial charge is 0.275 e. The van der Waals surface area contributed by atoms with Gasteiger partial charge in [0.2, 0.25) is 0 Å². The standard InChI is InChI=1S/C28H31Cl2N5O4/c1-17-13-35(18(2)16-36)28(38)20-5-4-6-23(33-27(37)24-12-31-9-10-32-24)26(20)39-25(17)15-34(3)14-19-7-8-21(29)22(30)11-19/h4-12,17-18,25,36H,13-16H2,1-3H3,(H,33,37)/t17-,18-,25-/m0/s1. The van der Waals surface area contributed by atoms with E-state index in [-0.39, 0.29) is 36.0 Å². The number of carbonyl (C=O) groups excluding carboxylic acids is 2. The molecule has 3 atom stereocenters. The number of para-hydroxylation sites is 1. The predicted molar refractivity (Wildman–Crippen MR) is 150 cm³/mol. The first-order valence-electron chi connectivity index (χ1n) is 12.6. The summed E-state index contributed by atoms with van der Waals surface area (Å²) in [6.07, 6.45) is 3.92. The van der Waals surface area contributed by atoms with Crippen LogP contribution in [0, 0.1) is 5.92 Å². The van der Waals surface area contributed by atoms with Crippen molar-refractivity contribution >= 4 is 40.7 Å². The van der Waals surface area contributed by atoms with Gasteiger partial charge in [-0.2, -0.15) is 0 Å². The molecule has 0 saturated heterocycles. The highest BCUT2D eigenvalue weighted by Gasteiger charge is 2.34. The molecule has 39 heavy (non-hydrogen) atoms. The van der Waals surface area contributed by atoms with Crippen LogP contribution < -0.4 is 10.1 Å². The van der Waals surface area contributed by atoms with Gasteiger partial charge in [0.05, 0.1) is 40.1 Å². The number of benzene rings is 2. The van der Waals surface area contributed by atoms with Crippen LogP contribution in [0.15, 0.2) is 55.0 Å². The molecule has 9 nitrogen and oxygen atoms in total. The molecule has 11 heteroatoms. The van der Waals surface area contributed by atoms with Gasteiger partial charge in [-0.25, -0.2) is 4.98 Å². The van der Waals surface area contributed by atoms with E-state index in [4.69, 9.17) is 27.9 Å². The molecule has 1 aromatic heterocycles. The number of hydrogen-bond acceptors (Lipinski definition) is 7. The fourth-order valence-electron chi connectivity index (χ4n) is 4.48. The minimum atomic E-state index is -0.475. The number of likely N-dealkylation sites (N-methyl/N-ethyl adjacent to an activating group) is 1. The van der Waals surface area contributed by atoms with Gasteiger partial charge in [0, 0.05) is 37.9 Å². The Balaban J connectivity index is 1.66. The lowest BCUT2D eigenvalue weighted by Gasteiger charge is -2.38. The van der Waals surface area contributed by atoms with E-state index >= 15 is 0 Å². The monoisotopic (exact) mass is 571 g/mol. The van der Waals surface area contributed by atoms with Crippen molar-refractivity contribution in [3.63, 3.8) is 0 Å². The Hall–Kier alpha value is -3.24. The average Bonchev–Trinajstić information content (AvgIpc) is 2.93. The van der Waals surface area contributed by atoms with Crippen molar-refractivity contribution in [2.24, 2.45) is 5.92 Å². The molecule has 0 fully saturated rings. The molecule has 0 unspecified atom stereocenters. The summed E-state index contributed by atoms with van der Waals surface area (Å²) < 4.78 is 6.55. The lowest BCUT2D eigenvalue weighted by atomic mass is 9.98. The number of aliphatic hydroxyl groups is 1. The maximum Gasteiger partial charge on any atom is 0.275 e. The van der Waals surface area contributed by atoms with Crippen molar-refractivity contribution in [2.75, 3.05) is 32.1 Å². The molecule has 0 saturated carbocycles. The molecule has 2 aromatic carbocycles. The van der Waals surface area contributed by atoms with Crippen LogP contribution in [0.25, 0.3) is 0 Å². The maximum atomic E-state index is 13.6. The minimum Gasteiger partial charge on any atom is -0.486 e. The summed E-state index contributed by atoms with van der Waals surface area (Å²) in [6.45, 7) is 5.13. The normalized spacial score (nSPS) is 18.1. The molecule has 0 aliphatic carbocycles. The Bertz CT molecular complexity index is 1330. The van der Waals surface area contributed by atoms with Crippen molar-refractivity contribution in [3.05, 3.63) is 81.9 Å². The third kappa shape index (κ3) is 6.86. The van der Waals surface area contributed by atoms with Crippen molar-refractivity contribution in [1.29, 1.82) is 0 Å². The molecule has 0 radical (unpaired) electrons. The number of fused-ring (bicyclic) bond motifs is 1. The van der Waals surface area contributed by atoms with Gasteiger partial charge in [-0.15, -0.1) is 0 Å². The number of rotatable bonds is 8. The van der Waals surface area contributed by atoms with Crippen molar-refractivity contribution in [3.8, 4) is 5.75 Å². The lowest BCUT2D eigenvalue weighted by Crippen LogP contribution is -2.49. The first-order valence-corrected chi connectivity index (χ1v) is 13.3. The Kier molecular flexibility index (Phi) is 9.40. The molecule has 4 rings (SSSR count). The molecule has 0 bridgehead atoms. The van der Waals surface area contributed by atoms with Crippen molar-refractivity contribution in [2.45, 2.75) is 32.5 Å². The van der Waals surface area contributed by atoms with E-state index in [0.717, 1.165) is 5.56 Å². The summed E-state index contributed by atoms with van der Waals surface area (Å²) in [6, 6.07) is 10.2. The fourth-order valence-corrected chi connectivity index (χ4v) is 4.80. The van der Waals surface area contributed by atoms with Crippen LogP contribution in [0.4, 0.5) is 5.69 Å². The number of ether oxygens (including phenoxy) is 1. The van der Waals surface area contributed by atoms with Crippen LogP contribution in [0.5, 0.6) is 5.75 Å². The molecule has 0 spiro atoms. The van der Waals surface area contributed by atoms with Crippen LogP contribution in [0.1, 0.15) is 40.3 Å². The zero-order valence-electron chi connectivity index (χ0n) is 22.0. The number of halogens is 2. The van der Waals surface area contributed by atoms with Gasteiger partial charge in [0.1, 0.15) is 11.8 Å². The molecule has 2 heterocycles. The van der Waals surface area contributed by atoms with Crippen LogP contribution in [0.2, 0.25) is 10.0 Å². The number of carbonyl (C=O) groups is 2. The van der Waals surface area contributed by atoms with E-state index in [9.17, 15) is 14.7 Å². The number of aromatic nitrogens is 2. The highest BCUT2D eigenvalue weighted by Crippen LogP contribution is 2.35. The average molecular weight is 572 g/mol. The van der Waals surface area contributed by atoms with Gasteiger partial charge < -0.3 is 20.1 Å². The molecule has 2 amide bonds. The quantitative estimate of drug-likeness (QED) is 0.412. The summed E-state index contributed by atoms with van der Waals surface area (Å²) in [5.41, 5.74) is 1.78. The number of nitrogens with one attached hydrogen (secondary N) is 1. The van der Waals surface area contributed by atoms with E-state index in [2.05, 4.69) is 20.2 Å². The van der Waals surface area contributed by atoms with Gasteiger partial charge in [-0.05, 0) is 43.8 Å². The molecule has 2 N–H and O–H groups in total. The van der Waals surface area contributed by atoms with Gasteiger partial charge in [0.25, 0.3) is 11.8 Å². The predicted octanol–water partition coefficient (Wildman–Crippen LogP) is 4.39. The number of amides is 2. The van der Waals surface area contributed by atoms with Gasteiger partial charge in [-0.3, -0.25) is 19.5 Å². The second-order valence-corrected chi connectivity index (χ2v) is 10.6. The SMILES string of the molecule is C[C@H]1CN([C@@H](C)CO)C(=O)c2cccc(NC(=O)c3cnccn3)c2O[C@H]1CN(C)Cc1ccc(Cl)c(Cl)c1. The molecule has 1 aliphatic heterocycles. The second-order valence-electron chi connectivity index (χ2n) is 9.79. The number of anilines is 1. The summed E-state index contributed by atoms with van der Waals surface area (Å²) in [7, 11) is 1.97. The summed E-state index contributed by atoms with van der Waals surface area (Å²) in [5, 5.41) is 13.7. The zero-order valence-corrected chi connectivity index (χ0v) is 23.5. The van der Waals surface area contributed by atoms with Gasteiger partial charge in [0.15, 0.2) is 5.75 Å². The lowest BCUT2D eigenvalue weighted by molar-refractivity contribution is 0.0343. The molecule has 1 aliphatic rings. The zero-order chi connectivity index (χ0) is 28.1. The second kappa shape index (κ2) is 12.7. The Morgan fingerprint density at radius 1 is 1.26 bits per heavy atom. The van der Waals surface area contributed by atoms with Gasteiger partial charge in [-0.1, -0.05) is 42.3 Å². The maximum absolute atomic E-state index is 13.6. The Labute approximate surface area is 237 Å². The Morgan fingerprint density at radius 2 is 2.05 bits per heavy atom. The topological polar surface area (TPSA) is 108 Å². The molecule has 206 valence electrons. The number of hydrogen-bond donors (Lipinski definition) is 2. The third-order valence-corrected chi connectivity index (χ3v) is 7.40. The number of aliphatic hydroxyl groups excluding tert-OH is 1. The largest absolute Gasteiger partial charge is 0.486 e. The van der Waals surface area contributed by atoms with Crippen LogP contribution >= 0.6 is 23.2 Å². The van der Waals surface area contributed by atoms with Crippen molar-refractivity contribution in [1.82, 2.24) is 19.8 Å². The van der Waals surface area contributed by atoms with E-state index in [1.807, 2.05) is 26.1 Å². The fraction of sp³-hybridized carbons (Fsp3) is 0.357.